The zero-order chi connectivity index (χ0) is 24.0. The Bertz CT molecular complexity index is 1080. The summed E-state index contributed by atoms with van der Waals surface area (Å²) in [5, 5.41) is 2.80. The summed E-state index contributed by atoms with van der Waals surface area (Å²) >= 11 is 0. The normalized spacial score (nSPS) is 12.2. The number of alkyl halides is 3. The number of nitrogens with zero attached hydrogens (tertiary/aromatic N) is 1. The molecular weight excluding hydrogens is 437 g/mol. The molecule has 3 rings (SSSR count). The van der Waals surface area contributed by atoms with Crippen molar-refractivity contribution in [2.45, 2.75) is 33.2 Å². The van der Waals surface area contributed by atoms with E-state index < -0.39 is 6.36 Å². The molecule has 1 amide bonds. The third-order valence-electron chi connectivity index (χ3n) is 4.59. The van der Waals surface area contributed by atoms with Crippen LogP contribution in [-0.4, -0.2) is 23.9 Å². The Hall–Kier alpha value is -3.59. The lowest BCUT2D eigenvalue weighted by molar-refractivity contribution is -0.274. The quantitative estimate of drug-likeness (QED) is 0.419. The van der Waals surface area contributed by atoms with Gasteiger partial charge in [-0.2, -0.15) is 0 Å². The van der Waals surface area contributed by atoms with Crippen molar-refractivity contribution in [3.63, 3.8) is 0 Å². The van der Waals surface area contributed by atoms with Crippen LogP contribution in [0.25, 0.3) is 0 Å². The maximum atomic E-state index is 12.6. The number of anilines is 1. The van der Waals surface area contributed by atoms with Crippen molar-refractivity contribution < 1.29 is 32.2 Å². The number of hydrogen-bond acceptors (Lipinski definition) is 5. The number of benzene rings is 2. The number of hydrogen-bond donors (Lipinski definition) is 1. The Kier molecular flexibility index (Phi) is 7.55. The van der Waals surface area contributed by atoms with E-state index in [1.165, 1.54) is 12.1 Å². The number of aryl methyl sites for hydroxylation is 1. The van der Waals surface area contributed by atoms with E-state index in [9.17, 15) is 18.0 Å². The number of nitrogens with one attached hydrogen (secondary N) is 1. The van der Waals surface area contributed by atoms with Gasteiger partial charge < -0.3 is 19.5 Å². The summed E-state index contributed by atoms with van der Waals surface area (Å²) in [6.45, 7) is 6.14. The van der Waals surface area contributed by atoms with Crippen molar-refractivity contribution in [2.24, 2.45) is 0 Å². The fourth-order valence-electron chi connectivity index (χ4n) is 3.03. The molecule has 6 nitrogen and oxygen atoms in total. The van der Waals surface area contributed by atoms with Crippen molar-refractivity contribution in [3.8, 4) is 17.2 Å². The molecular formula is C24H23F3N2O4. The van der Waals surface area contributed by atoms with Crippen LogP contribution in [-0.2, 0) is 4.74 Å². The largest absolute Gasteiger partial charge is 0.573 e. The molecule has 0 bridgehead atoms. The first-order chi connectivity index (χ1) is 15.6. The van der Waals surface area contributed by atoms with Crippen molar-refractivity contribution in [1.82, 2.24) is 4.98 Å². The fraction of sp³-hybridized carbons (Fsp3) is 0.250. The van der Waals surface area contributed by atoms with Crippen LogP contribution in [0.3, 0.4) is 0 Å². The van der Waals surface area contributed by atoms with E-state index in [4.69, 9.17) is 9.47 Å². The lowest BCUT2D eigenvalue weighted by Gasteiger charge is -2.14. The Balaban J connectivity index is 1.61. The molecule has 1 atom stereocenters. The van der Waals surface area contributed by atoms with Gasteiger partial charge in [0.05, 0.1) is 23.1 Å². The van der Waals surface area contributed by atoms with E-state index >= 15 is 0 Å². The molecule has 3 aromatic rings. The monoisotopic (exact) mass is 460 g/mol. The predicted octanol–water partition coefficient (Wildman–Crippen LogP) is 6.43. The lowest BCUT2D eigenvalue weighted by Crippen LogP contribution is -2.16. The molecule has 0 saturated carbocycles. The second kappa shape index (κ2) is 10.4. The Morgan fingerprint density at radius 1 is 0.970 bits per heavy atom. The van der Waals surface area contributed by atoms with Crippen LogP contribution in [0, 0.1) is 6.92 Å². The van der Waals surface area contributed by atoms with Gasteiger partial charge in [-0.1, -0.05) is 0 Å². The fourth-order valence-corrected chi connectivity index (χ4v) is 3.03. The van der Waals surface area contributed by atoms with Gasteiger partial charge in [0.15, 0.2) is 0 Å². The van der Waals surface area contributed by atoms with Crippen LogP contribution in [0.5, 0.6) is 17.2 Å². The summed E-state index contributed by atoms with van der Waals surface area (Å²) in [5.41, 5.74) is 2.34. The second-order valence-electron chi connectivity index (χ2n) is 7.07. The maximum absolute atomic E-state index is 12.6. The number of carbonyl (C=O) groups is 1. The molecule has 9 heteroatoms. The zero-order valence-electron chi connectivity index (χ0n) is 18.3. The standard InChI is InChI=1S/C24H23F3N2O4/c1-4-31-16(3)22-14-13-21(15(2)28-22)23(30)29-17-5-7-18(8-6-17)32-19-9-11-20(12-10-19)33-24(25,26)27/h5-14,16H,4H2,1-3H3,(H,29,30). The number of amides is 1. The molecule has 33 heavy (non-hydrogen) atoms. The van der Waals surface area contributed by atoms with E-state index in [0.717, 1.165) is 17.8 Å². The number of rotatable bonds is 8. The van der Waals surface area contributed by atoms with Crippen molar-refractivity contribution in [3.05, 3.63) is 77.6 Å². The SMILES string of the molecule is CCOC(C)c1ccc(C(=O)Nc2ccc(Oc3ccc(OC(F)(F)F)cc3)cc2)c(C)n1. The molecule has 174 valence electrons. The van der Waals surface area contributed by atoms with Gasteiger partial charge in [0.25, 0.3) is 5.91 Å². The van der Waals surface area contributed by atoms with Gasteiger partial charge in [-0.3, -0.25) is 9.78 Å². The topological polar surface area (TPSA) is 69.7 Å². The molecule has 0 saturated heterocycles. The van der Waals surface area contributed by atoms with Gasteiger partial charge in [0.1, 0.15) is 17.2 Å². The van der Waals surface area contributed by atoms with Crippen LogP contribution >= 0.6 is 0 Å². The molecule has 0 aliphatic carbocycles. The van der Waals surface area contributed by atoms with Crippen molar-refractivity contribution in [1.29, 1.82) is 0 Å². The minimum absolute atomic E-state index is 0.160. The van der Waals surface area contributed by atoms with Crippen molar-refractivity contribution >= 4 is 11.6 Å². The lowest BCUT2D eigenvalue weighted by atomic mass is 10.1. The summed E-state index contributed by atoms with van der Waals surface area (Å²) in [5.74, 6) is 0.150. The highest BCUT2D eigenvalue weighted by molar-refractivity contribution is 6.05. The summed E-state index contributed by atoms with van der Waals surface area (Å²) in [4.78, 5) is 17.1. The zero-order valence-corrected chi connectivity index (χ0v) is 18.3. The van der Waals surface area contributed by atoms with Crippen LogP contribution in [0.1, 0.15) is 41.7 Å². The smallest absolute Gasteiger partial charge is 0.457 e. The molecule has 2 aromatic carbocycles. The number of pyridine rings is 1. The molecule has 0 radical (unpaired) electrons. The highest BCUT2D eigenvalue weighted by atomic mass is 19.4. The van der Waals surface area contributed by atoms with Crippen LogP contribution in [0.2, 0.25) is 0 Å². The number of aromatic nitrogens is 1. The highest BCUT2D eigenvalue weighted by Crippen LogP contribution is 2.28. The third-order valence-corrected chi connectivity index (χ3v) is 4.59. The molecule has 0 aliphatic rings. The van der Waals surface area contributed by atoms with Gasteiger partial charge >= 0.3 is 6.36 Å². The minimum atomic E-state index is -4.75. The van der Waals surface area contributed by atoms with E-state index in [1.807, 2.05) is 13.8 Å². The van der Waals surface area contributed by atoms with Crippen LogP contribution in [0.4, 0.5) is 18.9 Å². The molecule has 0 fully saturated rings. The molecule has 1 unspecified atom stereocenters. The van der Waals surface area contributed by atoms with Gasteiger partial charge in [0, 0.05) is 12.3 Å². The maximum Gasteiger partial charge on any atom is 0.573 e. The summed E-state index contributed by atoms with van der Waals surface area (Å²) in [6.07, 6.45) is -4.91. The Morgan fingerprint density at radius 3 is 2.09 bits per heavy atom. The highest BCUT2D eigenvalue weighted by Gasteiger charge is 2.31. The molecule has 1 N–H and O–H groups in total. The average Bonchev–Trinajstić information content (AvgIpc) is 2.75. The van der Waals surface area contributed by atoms with Gasteiger partial charge in [0.2, 0.25) is 0 Å². The Morgan fingerprint density at radius 2 is 1.55 bits per heavy atom. The number of halogens is 3. The van der Waals surface area contributed by atoms with E-state index in [1.54, 1.807) is 43.3 Å². The number of carbonyl (C=O) groups excluding carboxylic acids is 1. The van der Waals surface area contributed by atoms with E-state index in [-0.39, 0.29) is 17.8 Å². The van der Waals surface area contributed by atoms with E-state index in [0.29, 0.717) is 35.1 Å². The summed E-state index contributed by atoms with van der Waals surface area (Å²) in [7, 11) is 0. The molecule has 0 spiro atoms. The van der Waals surface area contributed by atoms with Gasteiger partial charge in [-0.15, -0.1) is 13.2 Å². The summed E-state index contributed by atoms with van der Waals surface area (Å²) < 4.78 is 51.7. The van der Waals surface area contributed by atoms with Crippen LogP contribution < -0.4 is 14.8 Å². The first kappa shape index (κ1) is 24.1. The average molecular weight is 460 g/mol. The Labute approximate surface area is 189 Å². The van der Waals surface area contributed by atoms with Gasteiger partial charge in [-0.05, 0) is 81.4 Å². The van der Waals surface area contributed by atoms with Gasteiger partial charge in [-0.25, -0.2) is 0 Å². The van der Waals surface area contributed by atoms with Crippen molar-refractivity contribution in [2.75, 3.05) is 11.9 Å². The first-order valence-electron chi connectivity index (χ1n) is 10.2. The van der Waals surface area contributed by atoms with Crippen LogP contribution in [0.15, 0.2) is 60.7 Å². The molecule has 1 aromatic heterocycles. The van der Waals surface area contributed by atoms with E-state index in [2.05, 4.69) is 15.0 Å². The third kappa shape index (κ3) is 6.95. The minimum Gasteiger partial charge on any atom is -0.457 e. The predicted molar refractivity (Wildman–Crippen MR) is 117 cm³/mol. The first-order valence-corrected chi connectivity index (χ1v) is 10.2. The second-order valence-corrected chi connectivity index (χ2v) is 7.07. The molecule has 0 aliphatic heterocycles. The summed E-state index contributed by atoms with van der Waals surface area (Å²) in [6, 6.07) is 15.1. The molecule has 1 heterocycles. The number of ether oxygens (including phenoxy) is 3.